The molecular formula is C15H34O3Si. The maximum absolute atomic E-state index is 5.89. The normalized spacial score (nSPS) is 12.3. The molecule has 0 bridgehead atoms. The summed E-state index contributed by atoms with van der Waals surface area (Å²) in [5.74, 6) is 0. The highest BCUT2D eigenvalue weighted by Crippen LogP contribution is 2.20. The molecule has 0 N–H and O–H groups in total. The van der Waals surface area contributed by atoms with Gasteiger partial charge < -0.3 is 13.3 Å². The predicted octanol–water partition coefficient (Wildman–Crippen LogP) is 4.78. The lowest BCUT2D eigenvalue weighted by Crippen LogP contribution is -2.45. The predicted molar refractivity (Wildman–Crippen MR) is 83.4 cm³/mol. The molecule has 0 spiro atoms. The fourth-order valence-electron chi connectivity index (χ4n) is 2.28. The first-order chi connectivity index (χ1) is 9.10. The van der Waals surface area contributed by atoms with Crippen molar-refractivity contribution in [1.82, 2.24) is 0 Å². The Balaban J connectivity index is 3.70. The molecular weight excluding hydrogens is 256 g/mol. The van der Waals surface area contributed by atoms with Gasteiger partial charge in [-0.05, 0) is 20.3 Å². The van der Waals surface area contributed by atoms with Crippen molar-refractivity contribution >= 4 is 8.80 Å². The van der Waals surface area contributed by atoms with Gasteiger partial charge in [0.1, 0.15) is 0 Å². The molecule has 0 aromatic carbocycles. The van der Waals surface area contributed by atoms with Crippen molar-refractivity contribution in [3.05, 3.63) is 0 Å². The Bertz CT molecular complexity index is 194. The fraction of sp³-hybridized carbons (Fsp3) is 1.00. The van der Waals surface area contributed by atoms with Gasteiger partial charge >= 0.3 is 8.80 Å². The van der Waals surface area contributed by atoms with Gasteiger partial charge in [0.05, 0.1) is 0 Å². The van der Waals surface area contributed by atoms with Crippen molar-refractivity contribution in [2.24, 2.45) is 0 Å². The largest absolute Gasteiger partial charge is 0.500 e. The van der Waals surface area contributed by atoms with Gasteiger partial charge in [-0.1, -0.05) is 51.9 Å². The van der Waals surface area contributed by atoms with E-state index in [1.165, 1.54) is 44.9 Å². The van der Waals surface area contributed by atoms with E-state index in [0.29, 0.717) is 0 Å². The zero-order valence-corrected chi connectivity index (χ0v) is 14.7. The molecule has 0 fully saturated rings. The molecule has 19 heavy (non-hydrogen) atoms. The van der Waals surface area contributed by atoms with E-state index < -0.39 is 8.80 Å². The number of hydrogen-bond acceptors (Lipinski definition) is 3. The van der Waals surface area contributed by atoms with Gasteiger partial charge in [0, 0.05) is 26.4 Å². The maximum Gasteiger partial charge on any atom is 0.500 e. The van der Waals surface area contributed by atoms with Crippen molar-refractivity contribution in [3.8, 4) is 0 Å². The number of rotatable bonds is 13. The lowest BCUT2D eigenvalue weighted by molar-refractivity contribution is 0.0693. The second kappa shape index (κ2) is 11.9. The van der Waals surface area contributed by atoms with Crippen LogP contribution in [0.1, 0.15) is 72.1 Å². The molecule has 0 aliphatic heterocycles. The Morgan fingerprint density at radius 3 is 1.68 bits per heavy atom. The van der Waals surface area contributed by atoms with E-state index in [1.54, 1.807) is 14.2 Å². The van der Waals surface area contributed by atoms with Crippen molar-refractivity contribution in [2.75, 3.05) is 14.2 Å². The average Bonchev–Trinajstić information content (AvgIpc) is 2.40. The van der Waals surface area contributed by atoms with E-state index in [9.17, 15) is 0 Å². The Labute approximate surface area is 121 Å². The van der Waals surface area contributed by atoms with Crippen molar-refractivity contribution in [2.45, 2.75) is 84.3 Å². The Kier molecular flexibility index (Phi) is 11.9. The summed E-state index contributed by atoms with van der Waals surface area (Å²) in [5.41, 5.74) is 0. The van der Waals surface area contributed by atoms with Crippen LogP contribution in [0, 0.1) is 0 Å². The van der Waals surface area contributed by atoms with Gasteiger partial charge in [-0.15, -0.1) is 0 Å². The monoisotopic (exact) mass is 290 g/mol. The highest BCUT2D eigenvalue weighted by molar-refractivity contribution is 6.60. The minimum atomic E-state index is -2.39. The zero-order valence-electron chi connectivity index (χ0n) is 13.7. The molecule has 0 amide bonds. The van der Waals surface area contributed by atoms with Crippen LogP contribution in [0.25, 0.3) is 0 Å². The summed E-state index contributed by atoms with van der Waals surface area (Å²) in [6, 6.07) is 0.938. The smallest absolute Gasteiger partial charge is 0.377 e. The first-order valence-electron chi connectivity index (χ1n) is 7.88. The molecule has 0 heterocycles. The quantitative estimate of drug-likeness (QED) is 0.361. The van der Waals surface area contributed by atoms with Gasteiger partial charge in [-0.3, -0.25) is 0 Å². The summed E-state index contributed by atoms with van der Waals surface area (Å²) >= 11 is 0. The molecule has 0 aliphatic carbocycles. The third kappa shape index (κ3) is 9.60. The molecule has 0 aromatic rings. The van der Waals surface area contributed by atoms with Crippen molar-refractivity contribution < 1.29 is 13.3 Å². The van der Waals surface area contributed by atoms with E-state index in [2.05, 4.69) is 6.92 Å². The van der Waals surface area contributed by atoms with E-state index in [-0.39, 0.29) is 6.10 Å². The maximum atomic E-state index is 5.89. The van der Waals surface area contributed by atoms with Crippen LogP contribution < -0.4 is 0 Å². The zero-order chi connectivity index (χ0) is 14.6. The van der Waals surface area contributed by atoms with Crippen molar-refractivity contribution in [1.29, 1.82) is 0 Å². The van der Waals surface area contributed by atoms with Crippen LogP contribution in [0.15, 0.2) is 0 Å². The highest BCUT2D eigenvalue weighted by atomic mass is 28.4. The van der Waals surface area contributed by atoms with Gasteiger partial charge in [0.25, 0.3) is 0 Å². The molecule has 0 rings (SSSR count). The van der Waals surface area contributed by atoms with E-state index in [1.807, 2.05) is 13.8 Å². The van der Waals surface area contributed by atoms with Crippen LogP contribution in [0.4, 0.5) is 0 Å². The number of hydrogen-bond donors (Lipinski definition) is 0. The van der Waals surface area contributed by atoms with Crippen LogP contribution >= 0.6 is 0 Å². The molecule has 0 unspecified atom stereocenters. The molecule has 3 nitrogen and oxygen atoms in total. The molecule has 4 heteroatoms. The molecule has 0 saturated heterocycles. The molecule has 0 aliphatic rings. The summed E-state index contributed by atoms with van der Waals surface area (Å²) in [7, 11) is 1.03. The van der Waals surface area contributed by atoms with Crippen LogP contribution in [0.2, 0.25) is 6.04 Å². The third-order valence-electron chi connectivity index (χ3n) is 3.37. The van der Waals surface area contributed by atoms with Crippen molar-refractivity contribution in [3.63, 3.8) is 0 Å². The second-order valence-electron chi connectivity index (χ2n) is 5.48. The van der Waals surface area contributed by atoms with Gasteiger partial charge in [0.2, 0.25) is 0 Å². The standard InChI is InChI=1S/C15H34O3Si/c1-6-7-8-9-10-11-12-13-14-19(16-4,17-5)18-15(2)3/h15H,6-14H2,1-5H3. The van der Waals surface area contributed by atoms with E-state index in [0.717, 1.165) is 12.5 Å². The van der Waals surface area contributed by atoms with Gasteiger partial charge in [-0.2, -0.15) is 0 Å². The Morgan fingerprint density at radius 1 is 0.789 bits per heavy atom. The second-order valence-corrected chi connectivity index (χ2v) is 8.40. The molecule has 116 valence electrons. The SMILES string of the molecule is CCCCCCCCCC[Si](OC)(OC)OC(C)C. The van der Waals surface area contributed by atoms with Gasteiger partial charge in [-0.25, -0.2) is 0 Å². The summed E-state index contributed by atoms with van der Waals surface area (Å²) < 4.78 is 17.0. The minimum absolute atomic E-state index is 0.167. The van der Waals surface area contributed by atoms with E-state index in [4.69, 9.17) is 13.3 Å². The molecule has 0 aromatic heterocycles. The van der Waals surface area contributed by atoms with Crippen LogP contribution in [0.3, 0.4) is 0 Å². The Hall–Kier alpha value is 0.0969. The summed E-state index contributed by atoms with van der Waals surface area (Å²) in [4.78, 5) is 0. The Morgan fingerprint density at radius 2 is 1.26 bits per heavy atom. The first-order valence-corrected chi connectivity index (χ1v) is 9.81. The molecule has 0 saturated carbocycles. The fourth-order valence-corrected chi connectivity index (χ4v) is 4.56. The summed E-state index contributed by atoms with van der Waals surface area (Å²) in [5, 5.41) is 0. The number of unbranched alkanes of at least 4 members (excludes halogenated alkanes) is 7. The van der Waals surface area contributed by atoms with Crippen LogP contribution in [0.5, 0.6) is 0 Å². The minimum Gasteiger partial charge on any atom is -0.377 e. The van der Waals surface area contributed by atoms with E-state index >= 15 is 0 Å². The summed E-state index contributed by atoms with van der Waals surface area (Å²) in [6.07, 6.45) is 10.7. The topological polar surface area (TPSA) is 27.7 Å². The lowest BCUT2D eigenvalue weighted by atomic mass is 10.1. The van der Waals surface area contributed by atoms with Crippen LogP contribution in [-0.4, -0.2) is 29.1 Å². The highest BCUT2D eigenvalue weighted by Gasteiger charge is 2.39. The summed E-state index contributed by atoms with van der Waals surface area (Å²) in [6.45, 7) is 6.33. The average molecular weight is 291 g/mol. The first kappa shape index (κ1) is 19.1. The molecule has 0 atom stereocenters. The van der Waals surface area contributed by atoms with Gasteiger partial charge in [0.15, 0.2) is 0 Å². The molecule has 0 radical (unpaired) electrons. The lowest BCUT2D eigenvalue weighted by Gasteiger charge is -2.28. The third-order valence-corrected chi connectivity index (χ3v) is 6.41. The van der Waals surface area contributed by atoms with Crippen LogP contribution in [-0.2, 0) is 13.3 Å².